The van der Waals surface area contributed by atoms with Crippen molar-refractivity contribution < 1.29 is 9.84 Å². The zero-order valence-corrected chi connectivity index (χ0v) is 10.4. The maximum absolute atomic E-state index is 10.7. The Morgan fingerprint density at radius 3 is 2.61 bits per heavy atom. The molecule has 2 nitrogen and oxygen atoms in total. The van der Waals surface area contributed by atoms with Gasteiger partial charge in [0.25, 0.3) is 0 Å². The van der Waals surface area contributed by atoms with Crippen LogP contribution in [0.5, 0.6) is 5.75 Å². The molecule has 1 heterocycles. The van der Waals surface area contributed by atoms with Gasteiger partial charge in [0, 0.05) is 12.0 Å². The fraction of sp³-hybridized carbons (Fsp3) is 0.250. The summed E-state index contributed by atoms with van der Waals surface area (Å²) in [6, 6.07) is 15.7. The van der Waals surface area contributed by atoms with E-state index in [9.17, 15) is 5.11 Å². The van der Waals surface area contributed by atoms with Crippen molar-refractivity contribution in [3.63, 3.8) is 0 Å². The van der Waals surface area contributed by atoms with Gasteiger partial charge < -0.3 is 9.84 Å². The van der Waals surface area contributed by atoms with Crippen LogP contribution in [0.2, 0.25) is 0 Å². The van der Waals surface area contributed by atoms with Gasteiger partial charge in [0.1, 0.15) is 5.75 Å². The van der Waals surface area contributed by atoms with E-state index in [4.69, 9.17) is 4.74 Å². The van der Waals surface area contributed by atoms with Crippen LogP contribution in [0.4, 0.5) is 0 Å². The number of hydrogen-bond donors (Lipinski definition) is 1. The Morgan fingerprint density at radius 2 is 1.83 bits per heavy atom. The smallest absolute Gasteiger partial charge is 0.235 e. The van der Waals surface area contributed by atoms with Gasteiger partial charge >= 0.3 is 0 Å². The summed E-state index contributed by atoms with van der Waals surface area (Å²) in [7, 11) is 0. The van der Waals surface area contributed by atoms with Gasteiger partial charge in [0.2, 0.25) is 5.79 Å². The Kier molecular flexibility index (Phi) is 2.60. The molecule has 0 bridgehead atoms. The standard InChI is InChI=1S/C16H16O2/c1-12-6-5-7-13-10-11-16(17,18-15(12)13)14-8-3-2-4-9-14/h2-9,17H,10-11H2,1H3. The third kappa shape index (κ3) is 1.79. The Hall–Kier alpha value is -1.80. The van der Waals surface area contributed by atoms with Crippen LogP contribution in [0.3, 0.4) is 0 Å². The quantitative estimate of drug-likeness (QED) is 0.829. The first kappa shape index (κ1) is 11.3. The van der Waals surface area contributed by atoms with Gasteiger partial charge in [0.05, 0.1) is 0 Å². The van der Waals surface area contributed by atoms with Crippen LogP contribution in [0.15, 0.2) is 48.5 Å². The summed E-state index contributed by atoms with van der Waals surface area (Å²) < 4.78 is 5.89. The third-order valence-electron chi connectivity index (χ3n) is 3.52. The van der Waals surface area contributed by atoms with Gasteiger partial charge in [-0.25, -0.2) is 0 Å². The van der Waals surface area contributed by atoms with Crippen molar-refractivity contribution in [1.82, 2.24) is 0 Å². The molecule has 1 aliphatic rings. The molecule has 0 aromatic heterocycles. The van der Waals surface area contributed by atoms with E-state index in [0.29, 0.717) is 6.42 Å². The summed E-state index contributed by atoms with van der Waals surface area (Å²) >= 11 is 0. The van der Waals surface area contributed by atoms with Crippen LogP contribution in [0, 0.1) is 6.92 Å². The summed E-state index contributed by atoms with van der Waals surface area (Å²) in [5, 5.41) is 10.7. The molecule has 1 N–H and O–H groups in total. The maximum atomic E-state index is 10.7. The minimum atomic E-state index is -1.19. The summed E-state index contributed by atoms with van der Waals surface area (Å²) in [5.41, 5.74) is 3.07. The van der Waals surface area contributed by atoms with Gasteiger partial charge in [-0.2, -0.15) is 0 Å². The molecular weight excluding hydrogens is 224 g/mol. The summed E-state index contributed by atoms with van der Waals surface area (Å²) in [6.45, 7) is 2.01. The molecule has 0 spiro atoms. The monoisotopic (exact) mass is 240 g/mol. The molecule has 0 saturated carbocycles. The van der Waals surface area contributed by atoms with Gasteiger partial charge in [-0.3, -0.25) is 0 Å². The van der Waals surface area contributed by atoms with E-state index in [1.807, 2.05) is 49.4 Å². The van der Waals surface area contributed by atoms with Crippen LogP contribution in [-0.4, -0.2) is 5.11 Å². The van der Waals surface area contributed by atoms with E-state index in [1.54, 1.807) is 0 Å². The van der Waals surface area contributed by atoms with E-state index >= 15 is 0 Å². The number of hydrogen-bond acceptors (Lipinski definition) is 2. The summed E-state index contributed by atoms with van der Waals surface area (Å²) in [5.74, 6) is -0.365. The molecule has 1 aliphatic heterocycles. The summed E-state index contributed by atoms with van der Waals surface area (Å²) in [6.07, 6.45) is 1.43. The fourth-order valence-electron chi connectivity index (χ4n) is 2.48. The van der Waals surface area contributed by atoms with Gasteiger partial charge in [-0.15, -0.1) is 0 Å². The number of ether oxygens (including phenoxy) is 1. The van der Waals surface area contributed by atoms with Crippen LogP contribution in [0.1, 0.15) is 23.1 Å². The van der Waals surface area contributed by atoms with Crippen LogP contribution < -0.4 is 4.74 Å². The van der Waals surface area contributed by atoms with Crippen molar-refractivity contribution in [2.45, 2.75) is 25.6 Å². The number of benzene rings is 2. The highest BCUT2D eigenvalue weighted by atomic mass is 16.6. The minimum absolute atomic E-state index is 0.591. The average molecular weight is 240 g/mol. The largest absolute Gasteiger partial charge is 0.458 e. The van der Waals surface area contributed by atoms with Crippen molar-refractivity contribution in [2.75, 3.05) is 0 Å². The highest BCUT2D eigenvalue weighted by Crippen LogP contribution is 2.39. The van der Waals surface area contributed by atoms with Crippen LogP contribution >= 0.6 is 0 Å². The Labute approximate surface area is 107 Å². The third-order valence-corrected chi connectivity index (χ3v) is 3.52. The molecule has 0 aliphatic carbocycles. The molecule has 2 heteroatoms. The van der Waals surface area contributed by atoms with Gasteiger partial charge in [-0.05, 0) is 24.5 Å². The zero-order chi connectivity index (χ0) is 12.6. The topological polar surface area (TPSA) is 29.5 Å². The molecule has 0 amide bonds. The zero-order valence-electron chi connectivity index (χ0n) is 10.4. The van der Waals surface area contributed by atoms with E-state index in [0.717, 1.165) is 23.3 Å². The Balaban J connectivity index is 2.02. The molecule has 18 heavy (non-hydrogen) atoms. The lowest BCUT2D eigenvalue weighted by Crippen LogP contribution is -2.36. The van der Waals surface area contributed by atoms with E-state index in [-0.39, 0.29) is 0 Å². The molecule has 1 atom stereocenters. The van der Waals surface area contributed by atoms with E-state index in [1.165, 1.54) is 5.56 Å². The van der Waals surface area contributed by atoms with Crippen molar-refractivity contribution in [2.24, 2.45) is 0 Å². The first-order valence-electron chi connectivity index (χ1n) is 6.24. The molecule has 2 aromatic carbocycles. The SMILES string of the molecule is Cc1cccc2c1OC(O)(c1ccccc1)CC2. The summed E-state index contributed by atoms with van der Waals surface area (Å²) in [4.78, 5) is 0. The Bertz CT molecular complexity index is 563. The highest BCUT2D eigenvalue weighted by Gasteiger charge is 2.36. The lowest BCUT2D eigenvalue weighted by atomic mass is 9.93. The number of aliphatic hydroxyl groups is 1. The molecular formula is C16H16O2. The number of rotatable bonds is 1. The second kappa shape index (κ2) is 4.14. The van der Waals surface area contributed by atoms with Crippen molar-refractivity contribution in [3.05, 3.63) is 65.2 Å². The normalized spacial score (nSPS) is 22.1. The molecule has 92 valence electrons. The van der Waals surface area contributed by atoms with Crippen molar-refractivity contribution in [3.8, 4) is 5.75 Å². The van der Waals surface area contributed by atoms with E-state index < -0.39 is 5.79 Å². The van der Waals surface area contributed by atoms with Crippen molar-refractivity contribution in [1.29, 1.82) is 0 Å². The Morgan fingerprint density at radius 1 is 1.06 bits per heavy atom. The van der Waals surface area contributed by atoms with Crippen LogP contribution in [0.25, 0.3) is 0 Å². The first-order valence-corrected chi connectivity index (χ1v) is 6.24. The lowest BCUT2D eigenvalue weighted by molar-refractivity contribution is -0.158. The average Bonchev–Trinajstić information content (AvgIpc) is 2.41. The number of para-hydroxylation sites is 1. The van der Waals surface area contributed by atoms with E-state index in [2.05, 4.69) is 6.07 Å². The molecule has 3 rings (SSSR count). The molecule has 2 aromatic rings. The number of aryl methyl sites for hydroxylation is 2. The van der Waals surface area contributed by atoms with Crippen molar-refractivity contribution >= 4 is 0 Å². The number of fused-ring (bicyclic) bond motifs is 1. The second-order valence-electron chi connectivity index (χ2n) is 4.82. The van der Waals surface area contributed by atoms with Gasteiger partial charge in [-0.1, -0.05) is 48.5 Å². The molecule has 1 unspecified atom stereocenters. The second-order valence-corrected chi connectivity index (χ2v) is 4.82. The molecule has 0 radical (unpaired) electrons. The fourth-order valence-corrected chi connectivity index (χ4v) is 2.48. The predicted octanol–water partition coefficient (Wildman–Crippen LogP) is 3.17. The molecule has 0 fully saturated rings. The minimum Gasteiger partial charge on any atom is -0.458 e. The molecule has 0 saturated heterocycles. The maximum Gasteiger partial charge on any atom is 0.235 e. The predicted molar refractivity (Wildman–Crippen MR) is 70.5 cm³/mol. The highest BCUT2D eigenvalue weighted by molar-refractivity contribution is 5.43. The lowest BCUT2D eigenvalue weighted by Gasteiger charge is -2.35. The van der Waals surface area contributed by atoms with Gasteiger partial charge in [0.15, 0.2) is 0 Å². The van der Waals surface area contributed by atoms with Crippen LogP contribution in [-0.2, 0) is 12.2 Å². The first-order chi connectivity index (χ1) is 8.69.